The van der Waals surface area contributed by atoms with Crippen molar-refractivity contribution in [3.8, 4) is 5.75 Å². The lowest BCUT2D eigenvalue weighted by Gasteiger charge is -2.22. The van der Waals surface area contributed by atoms with Crippen molar-refractivity contribution in [1.82, 2.24) is 14.5 Å². The lowest BCUT2D eigenvalue weighted by molar-refractivity contribution is -0.141. The van der Waals surface area contributed by atoms with Crippen molar-refractivity contribution in [3.63, 3.8) is 0 Å². The number of halogens is 3. The van der Waals surface area contributed by atoms with Crippen molar-refractivity contribution in [2.45, 2.75) is 17.5 Å². The summed E-state index contributed by atoms with van der Waals surface area (Å²) in [4.78, 5) is 1.90. The van der Waals surface area contributed by atoms with Crippen LogP contribution in [0.3, 0.4) is 0 Å². The Hall–Kier alpha value is -2.40. The van der Waals surface area contributed by atoms with Gasteiger partial charge in [0.15, 0.2) is 11.5 Å². The van der Waals surface area contributed by atoms with Crippen LogP contribution in [0.25, 0.3) is 0 Å². The molecule has 0 saturated carbocycles. The van der Waals surface area contributed by atoms with Gasteiger partial charge < -0.3 is 9.64 Å². The van der Waals surface area contributed by atoms with Gasteiger partial charge in [0.2, 0.25) is 10.0 Å². The first-order valence-electron chi connectivity index (χ1n) is 8.52. The van der Waals surface area contributed by atoms with Gasteiger partial charge in [0, 0.05) is 26.2 Å². The molecule has 28 heavy (non-hydrogen) atoms. The second-order valence-corrected chi connectivity index (χ2v) is 8.13. The van der Waals surface area contributed by atoms with E-state index in [1.165, 1.54) is 29.6 Å². The summed E-state index contributed by atoms with van der Waals surface area (Å²) in [6.45, 7) is 1.26. The normalized spacial score (nSPS) is 16.6. The monoisotopic (exact) mass is 416 g/mol. The third-order valence-electron chi connectivity index (χ3n) is 4.42. The molecule has 7 nitrogen and oxygen atoms in total. The lowest BCUT2D eigenvalue weighted by Crippen LogP contribution is -2.35. The van der Waals surface area contributed by atoms with Crippen molar-refractivity contribution in [2.75, 3.05) is 38.2 Å². The molecule has 1 aromatic heterocycles. The van der Waals surface area contributed by atoms with Gasteiger partial charge in [-0.1, -0.05) is 0 Å². The van der Waals surface area contributed by atoms with Crippen molar-refractivity contribution < 1.29 is 26.3 Å². The van der Waals surface area contributed by atoms with E-state index in [0.717, 1.165) is 6.07 Å². The van der Waals surface area contributed by atoms with Crippen LogP contribution in [0.4, 0.5) is 19.0 Å². The minimum absolute atomic E-state index is 0.163. The summed E-state index contributed by atoms with van der Waals surface area (Å²) in [7, 11) is -2.18. The SMILES string of the molecule is COc1ccc(S(=O)(=O)N2CCCN(c3ccc(C(F)(F)F)nn3)CC2)cc1. The number of rotatable bonds is 4. The Kier molecular flexibility index (Phi) is 5.75. The summed E-state index contributed by atoms with van der Waals surface area (Å²) in [5.41, 5.74) is -1.06. The Morgan fingerprint density at radius 3 is 2.25 bits per heavy atom. The molecule has 3 rings (SSSR count). The van der Waals surface area contributed by atoms with Crippen LogP contribution in [0.1, 0.15) is 12.1 Å². The zero-order valence-corrected chi connectivity index (χ0v) is 15.9. The molecule has 1 saturated heterocycles. The number of ether oxygens (including phenoxy) is 1. The maximum absolute atomic E-state index is 12.9. The van der Waals surface area contributed by atoms with Crippen LogP contribution in [0.15, 0.2) is 41.3 Å². The molecule has 2 aromatic rings. The van der Waals surface area contributed by atoms with E-state index in [0.29, 0.717) is 31.8 Å². The Bertz CT molecular complexity index is 903. The van der Waals surface area contributed by atoms with Crippen LogP contribution < -0.4 is 9.64 Å². The molecule has 0 aliphatic carbocycles. The van der Waals surface area contributed by atoms with Crippen molar-refractivity contribution in [1.29, 1.82) is 0 Å². The fourth-order valence-electron chi connectivity index (χ4n) is 2.91. The van der Waals surface area contributed by atoms with E-state index in [-0.39, 0.29) is 17.3 Å². The number of nitrogens with zero attached hydrogens (tertiary/aromatic N) is 4. The molecule has 0 radical (unpaired) electrons. The summed E-state index contributed by atoms with van der Waals surface area (Å²) in [5, 5.41) is 6.88. The third kappa shape index (κ3) is 4.36. The van der Waals surface area contributed by atoms with Gasteiger partial charge in [-0.25, -0.2) is 8.42 Å². The molecule has 1 aliphatic heterocycles. The zero-order chi connectivity index (χ0) is 20.4. The molecule has 0 atom stereocenters. The van der Waals surface area contributed by atoms with Crippen LogP contribution in [0.5, 0.6) is 5.75 Å². The van der Waals surface area contributed by atoms with Crippen LogP contribution >= 0.6 is 0 Å². The average molecular weight is 416 g/mol. The van der Waals surface area contributed by atoms with Crippen molar-refractivity contribution in [2.24, 2.45) is 0 Å². The number of methoxy groups -OCH3 is 1. The molecule has 0 N–H and O–H groups in total. The molecule has 152 valence electrons. The Labute approximate surface area is 160 Å². The molecule has 1 fully saturated rings. The average Bonchev–Trinajstić information content (AvgIpc) is 2.94. The van der Waals surface area contributed by atoms with Crippen LogP contribution in [-0.4, -0.2) is 56.2 Å². The molecule has 0 bridgehead atoms. The van der Waals surface area contributed by atoms with E-state index in [1.807, 2.05) is 0 Å². The summed E-state index contributed by atoms with van der Waals surface area (Å²) in [5.74, 6) is 0.846. The van der Waals surface area contributed by atoms with Gasteiger partial charge in [-0.2, -0.15) is 17.5 Å². The number of sulfonamides is 1. The first kappa shape index (κ1) is 20.3. The lowest BCUT2D eigenvalue weighted by atomic mass is 10.3. The standard InChI is InChI=1S/C17H19F3N4O3S/c1-27-13-3-5-14(6-4-13)28(25,26)24-10-2-9-23(11-12-24)16-8-7-15(21-22-16)17(18,19)20/h3-8H,2,9-12H2,1H3. The first-order valence-corrected chi connectivity index (χ1v) is 9.96. The van der Waals surface area contributed by atoms with E-state index in [4.69, 9.17) is 4.74 Å². The predicted octanol–water partition coefficient (Wildman–Crippen LogP) is 2.41. The molecule has 2 heterocycles. The molecular formula is C17H19F3N4O3S. The van der Waals surface area contributed by atoms with E-state index in [1.54, 1.807) is 17.0 Å². The molecule has 0 unspecified atom stereocenters. The van der Waals surface area contributed by atoms with Crippen molar-refractivity contribution >= 4 is 15.8 Å². The largest absolute Gasteiger partial charge is 0.497 e. The minimum atomic E-state index is -4.55. The van der Waals surface area contributed by atoms with Gasteiger partial charge in [-0.15, -0.1) is 10.2 Å². The topological polar surface area (TPSA) is 75.6 Å². The van der Waals surface area contributed by atoms with E-state index >= 15 is 0 Å². The molecular weight excluding hydrogens is 397 g/mol. The minimum Gasteiger partial charge on any atom is -0.497 e. The number of aromatic nitrogens is 2. The smallest absolute Gasteiger partial charge is 0.435 e. The Morgan fingerprint density at radius 2 is 1.68 bits per heavy atom. The van der Waals surface area contributed by atoms with E-state index < -0.39 is 21.9 Å². The quantitative estimate of drug-likeness (QED) is 0.762. The zero-order valence-electron chi connectivity index (χ0n) is 15.1. The number of anilines is 1. The number of benzene rings is 1. The molecule has 1 aromatic carbocycles. The summed E-state index contributed by atoms with van der Waals surface area (Å²) < 4.78 is 70.0. The first-order chi connectivity index (χ1) is 13.2. The highest BCUT2D eigenvalue weighted by Gasteiger charge is 2.33. The summed E-state index contributed by atoms with van der Waals surface area (Å²) in [6, 6.07) is 8.25. The maximum Gasteiger partial charge on any atom is 0.435 e. The Morgan fingerprint density at radius 1 is 0.964 bits per heavy atom. The van der Waals surface area contributed by atoms with Gasteiger partial charge in [0.25, 0.3) is 0 Å². The van der Waals surface area contributed by atoms with Gasteiger partial charge in [0.05, 0.1) is 12.0 Å². The fourth-order valence-corrected chi connectivity index (χ4v) is 4.37. The second kappa shape index (κ2) is 7.92. The fraction of sp³-hybridized carbons (Fsp3) is 0.412. The Balaban J connectivity index is 1.72. The van der Waals surface area contributed by atoms with Crippen LogP contribution in [0, 0.1) is 0 Å². The summed E-state index contributed by atoms with van der Waals surface area (Å²) >= 11 is 0. The molecule has 0 amide bonds. The van der Waals surface area contributed by atoms with Gasteiger partial charge >= 0.3 is 6.18 Å². The van der Waals surface area contributed by atoms with Crippen LogP contribution in [-0.2, 0) is 16.2 Å². The summed E-state index contributed by atoms with van der Waals surface area (Å²) in [6.07, 6.45) is -4.04. The van der Waals surface area contributed by atoms with Gasteiger partial charge in [-0.3, -0.25) is 0 Å². The molecule has 0 spiro atoms. The van der Waals surface area contributed by atoms with E-state index in [9.17, 15) is 21.6 Å². The van der Waals surface area contributed by atoms with E-state index in [2.05, 4.69) is 10.2 Å². The number of alkyl halides is 3. The predicted molar refractivity (Wildman–Crippen MR) is 95.6 cm³/mol. The number of hydrogen-bond donors (Lipinski definition) is 0. The molecule has 11 heteroatoms. The molecule has 1 aliphatic rings. The van der Waals surface area contributed by atoms with Gasteiger partial charge in [0.1, 0.15) is 5.75 Å². The number of hydrogen-bond acceptors (Lipinski definition) is 6. The van der Waals surface area contributed by atoms with Crippen LogP contribution in [0.2, 0.25) is 0 Å². The highest BCUT2D eigenvalue weighted by Crippen LogP contribution is 2.28. The highest BCUT2D eigenvalue weighted by molar-refractivity contribution is 7.89. The maximum atomic E-state index is 12.9. The van der Waals surface area contributed by atoms with Crippen molar-refractivity contribution in [3.05, 3.63) is 42.1 Å². The van der Waals surface area contributed by atoms with Gasteiger partial charge in [-0.05, 0) is 42.8 Å². The second-order valence-electron chi connectivity index (χ2n) is 6.19. The third-order valence-corrected chi connectivity index (χ3v) is 6.33. The highest BCUT2D eigenvalue weighted by atomic mass is 32.2.